The number of nitrogens with zero attached hydrogens (tertiary/aromatic N) is 2. The normalized spacial score (nSPS) is 13.4. The van der Waals surface area contributed by atoms with E-state index in [9.17, 15) is 0 Å². The largest absolute Gasteiger partial charge is 0.481 e. The summed E-state index contributed by atoms with van der Waals surface area (Å²) in [4.78, 5) is 13.5. The van der Waals surface area contributed by atoms with Crippen LogP contribution in [-0.4, -0.2) is 8.75 Å². The number of unbranched alkanes of at least 4 members (excludes halogenated alkanes) is 60. The van der Waals surface area contributed by atoms with Gasteiger partial charge in [0.2, 0.25) is 0 Å². The Kier molecular flexibility index (Phi) is 46.6. The molecule has 1 aromatic carbocycles. The first-order chi connectivity index (χ1) is 58.6. The second-order valence-electron chi connectivity index (χ2n) is 36.9. The molecule has 0 aliphatic carbocycles. The van der Waals surface area contributed by atoms with E-state index in [2.05, 4.69) is 90.1 Å². The van der Waals surface area contributed by atoms with Crippen LogP contribution in [0, 0.1) is 25.5 Å². The third-order valence-corrected chi connectivity index (χ3v) is 34.4. The molecule has 119 heavy (non-hydrogen) atoms. The minimum Gasteiger partial charge on any atom is -0.481 e. The Morgan fingerprint density at radius 3 is 0.798 bits per heavy atom. The van der Waals surface area contributed by atoms with Crippen molar-refractivity contribution in [3.63, 3.8) is 0 Å². The first-order valence-corrected chi connectivity index (χ1v) is 56.0. The summed E-state index contributed by atoms with van der Waals surface area (Å²) in [7, 11) is 0. The zero-order valence-electron chi connectivity index (χ0n) is 76.0. The van der Waals surface area contributed by atoms with Crippen molar-refractivity contribution in [3.05, 3.63) is 81.0 Å². The van der Waals surface area contributed by atoms with Gasteiger partial charge in [-0.3, -0.25) is 0 Å². The minimum absolute atomic E-state index is 0.239. The van der Waals surface area contributed by atoms with E-state index in [-0.39, 0.29) is 11.1 Å². The van der Waals surface area contributed by atoms with Crippen LogP contribution in [0.3, 0.4) is 0 Å². The highest BCUT2D eigenvalue weighted by Gasteiger charge is 2.46. The predicted octanol–water partition coefficient (Wildman–Crippen LogP) is 40.7. The lowest BCUT2D eigenvalue weighted by atomic mass is 9.81. The number of rotatable bonds is 72. The van der Waals surface area contributed by atoms with Gasteiger partial charge < -0.3 is 9.47 Å². The Balaban J connectivity index is 0.890. The highest BCUT2D eigenvalue weighted by atomic mass is 32.1. The first-order valence-electron chi connectivity index (χ1n) is 50.3. The molecule has 664 valence electrons. The molecule has 0 N–H and O–H groups in total. The SMILES string of the molecule is CCCCCCCCCCCCCCCCCCC1(CCCCCCCCCCCCCCCCCC)Oc2cc(C)sc2-c2sc(-c3c(F)c(F)c(-c4cc5c(s4)-c4sc(-c6ccc(-c7ccc(C)s7)s6)cc4OC5(CCCCCCCCCCCCCCCCCC)CCCCCCCCCCCCCCCCCC)c4nsnc34)cc21. The number of benzene rings is 1. The number of hydrogen-bond donors (Lipinski definition) is 0. The van der Waals surface area contributed by atoms with Crippen molar-refractivity contribution in [3.8, 4) is 71.4 Å². The van der Waals surface area contributed by atoms with E-state index >= 15 is 8.78 Å². The van der Waals surface area contributed by atoms with Gasteiger partial charge in [0.05, 0.1) is 42.4 Å². The van der Waals surface area contributed by atoms with Crippen molar-refractivity contribution >= 4 is 90.8 Å². The van der Waals surface area contributed by atoms with Crippen molar-refractivity contribution in [2.24, 2.45) is 0 Å². The molecular formula is C106H162F2N2O2S7. The maximum Gasteiger partial charge on any atom is 0.170 e. The molecule has 0 spiro atoms. The fourth-order valence-electron chi connectivity index (χ4n) is 19.4. The van der Waals surface area contributed by atoms with E-state index in [1.54, 1.807) is 45.3 Å². The van der Waals surface area contributed by atoms with E-state index in [1.165, 1.54) is 402 Å². The average molecular weight is 1760 g/mol. The number of ether oxygens (including phenoxy) is 2. The van der Waals surface area contributed by atoms with Crippen molar-refractivity contribution in [1.29, 1.82) is 0 Å². The van der Waals surface area contributed by atoms with Crippen LogP contribution in [0.4, 0.5) is 8.78 Å². The summed E-state index contributed by atoms with van der Waals surface area (Å²) in [5, 5.41) is 0. The Bertz CT molecular complexity index is 3930. The van der Waals surface area contributed by atoms with Crippen LogP contribution >= 0.6 is 79.7 Å². The second-order valence-corrected chi connectivity index (χ2v) is 44.2. The van der Waals surface area contributed by atoms with E-state index in [4.69, 9.17) is 18.2 Å². The fraction of sp³-hybridized carbons (Fsp3) is 0.717. The number of fused-ring (bicyclic) bond motifs is 7. The van der Waals surface area contributed by atoms with Gasteiger partial charge in [0.15, 0.2) is 11.6 Å². The molecule has 13 heteroatoms. The van der Waals surface area contributed by atoms with Gasteiger partial charge >= 0.3 is 0 Å². The number of hydrogen-bond acceptors (Lipinski definition) is 11. The van der Waals surface area contributed by atoms with Crippen LogP contribution in [0.15, 0.2) is 48.5 Å². The minimum atomic E-state index is -0.828. The van der Waals surface area contributed by atoms with Gasteiger partial charge in [-0.1, -0.05) is 413 Å². The van der Waals surface area contributed by atoms with Crippen molar-refractivity contribution in [1.82, 2.24) is 8.75 Å². The molecule has 0 amide bonds. The maximum absolute atomic E-state index is 18.6. The fourth-order valence-corrected chi connectivity index (χ4v) is 26.9. The summed E-state index contributed by atoms with van der Waals surface area (Å²) in [6.45, 7) is 13.6. The summed E-state index contributed by atoms with van der Waals surface area (Å²) in [6, 6.07) is 18.1. The predicted molar refractivity (Wildman–Crippen MR) is 528 cm³/mol. The molecule has 0 saturated carbocycles. The second kappa shape index (κ2) is 56.7. The monoisotopic (exact) mass is 1760 g/mol. The van der Waals surface area contributed by atoms with Crippen LogP contribution in [-0.2, 0) is 11.2 Å². The maximum atomic E-state index is 18.6. The van der Waals surface area contributed by atoms with Gasteiger partial charge in [-0.2, -0.15) is 8.75 Å². The van der Waals surface area contributed by atoms with Gasteiger partial charge in [0, 0.05) is 56.2 Å². The summed E-state index contributed by atoms with van der Waals surface area (Å²) in [5.41, 5.74) is 2.52. The molecule has 0 saturated heterocycles. The third-order valence-electron chi connectivity index (χ3n) is 26.6. The summed E-state index contributed by atoms with van der Waals surface area (Å²) >= 11 is 11.6. The van der Waals surface area contributed by atoms with Gasteiger partial charge in [0.25, 0.3) is 0 Å². The standard InChI is InChI=1S/C106H162F2N2O2S7/c1-7-11-15-19-23-27-31-35-39-43-47-51-55-59-63-67-75-105(76-68-64-60-56-52-48-44-40-36-32-28-24-20-16-12-8-2)85-80-93(117-101(85)103-87(111-105)79-84(6)114-103)95-97(107)98(108)96(100-99(95)109-119-110-100)94-81-86-102(118-94)104-88(82-92(116-104)91-74-73-90(115-91)89-72-71-83(5)113-89)112-106(86,77-69-65-61-57-53-49-45-41-37-33-29-25-21-17-13-9-3)78-70-66-62-58-54-50-46-42-38-34-30-26-22-18-14-10-4/h71-74,79-82H,7-70,75-78H2,1-6H3. The Morgan fingerprint density at radius 1 is 0.252 bits per heavy atom. The average Bonchev–Trinajstić information content (AvgIpc) is 1.56. The molecule has 10 rings (SSSR count). The Hall–Kier alpha value is -3.30. The van der Waals surface area contributed by atoms with Gasteiger partial charge in [-0.15, -0.1) is 68.0 Å². The Labute approximate surface area is 753 Å². The molecular weight excluding hydrogens is 1600 g/mol. The third kappa shape index (κ3) is 31.6. The quantitative estimate of drug-likeness (QED) is 0.0356. The first kappa shape index (κ1) is 97.9. The molecule has 9 heterocycles. The molecule has 4 nitrogen and oxygen atoms in total. The van der Waals surface area contributed by atoms with Gasteiger partial charge in [-0.05, 0) is 108 Å². The topological polar surface area (TPSA) is 44.2 Å². The molecule has 2 aliphatic rings. The van der Waals surface area contributed by atoms with Crippen LogP contribution < -0.4 is 9.47 Å². The van der Waals surface area contributed by atoms with Crippen LogP contribution in [0.5, 0.6) is 11.5 Å². The molecule has 0 fully saturated rings. The molecule has 0 radical (unpaired) electrons. The van der Waals surface area contributed by atoms with Crippen LogP contribution in [0.2, 0.25) is 0 Å². The number of aryl methyl sites for hydroxylation is 2. The van der Waals surface area contributed by atoms with E-state index in [0.29, 0.717) is 15.9 Å². The number of thiophene rings is 6. The van der Waals surface area contributed by atoms with Gasteiger partial charge in [-0.25, -0.2) is 8.78 Å². The molecule has 0 atom stereocenters. The van der Waals surface area contributed by atoms with Crippen LogP contribution in [0.25, 0.3) is 70.9 Å². The zero-order chi connectivity index (χ0) is 83.2. The van der Waals surface area contributed by atoms with Crippen molar-refractivity contribution < 1.29 is 18.3 Å². The molecule has 0 unspecified atom stereocenters. The molecule has 8 aromatic rings. The lowest BCUT2D eigenvalue weighted by Gasteiger charge is -2.38. The van der Waals surface area contributed by atoms with Crippen LogP contribution in [0.1, 0.15) is 485 Å². The molecule has 7 aromatic heterocycles. The summed E-state index contributed by atoms with van der Waals surface area (Å²) in [6.07, 6.45) is 88.8. The molecule has 2 aliphatic heterocycles. The number of aromatic nitrogens is 2. The smallest absolute Gasteiger partial charge is 0.170 e. The van der Waals surface area contributed by atoms with Crippen molar-refractivity contribution in [2.75, 3.05) is 0 Å². The lowest BCUT2D eigenvalue weighted by Crippen LogP contribution is -2.35. The summed E-state index contributed by atoms with van der Waals surface area (Å²) < 4.78 is 62.6. The zero-order valence-corrected chi connectivity index (χ0v) is 81.7. The lowest BCUT2D eigenvalue weighted by molar-refractivity contribution is 0.0395. The molecule has 0 bridgehead atoms. The number of halogens is 2. The van der Waals surface area contributed by atoms with E-state index < -0.39 is 22.8 Å². The van der Waals surface area contributed by atoms with E-state index in [0.717, 1.165) is 123 Å². The summed E-state index contributed by atoms with van der Waals surface area (Å²) in [5.74, 6) is 0.251. The highest BCUT2D eigenvalue weighted by Crippen LogP contribution is 2.61. The van der Waals surface area contributed by atoms with E-state index in [1.807, 2.05) is 22.7 Å². The van der Waals surface area contributed by atoms with Gasteiger partial charge in [0.1, 0.15) is 33.7 Å². The Morgan fingerprint density at radius 2 is 0.504 bits per heavy atom. The van der Waals surface area contributed by atoms with Crippen molar-refractivity contribution in [2.45, 2.75) is 489 Å². The highest BCUT2D eigenvalue weighted by molar-refractivity contribution is 7.29.